The van der Waals surface area contributed by atoms with Crippen LogP contribution in [0.1, 0.15) is 24.3 Å². The van der Waals surface area contributed by atoms with Gasteiger partial charge in [-0.1, -0.05) is 28.5 Å². The Morgan fingerprint density at radius 3 is 2.86 bits per heavy atom. The van der Waals surface area contributed by atoms with Gasteiger partial charge in [-0.25, -0.2) is 17.8 Å². The van der Waals surface area contributed by atoms with E-state index in [4.69, 9.17) is 4.52 Å². The van der Waals surface area contributed by atoms with Gasteiger partial charge >= 0.3 is 0 Å². The molecule has 1 aliphatic rings. The predicted octanol–water partition coefficient (Wildman–Crippen LogP) is 0.965. The summed E-state index contributed by atoms with van der Waals surface area (Å²) in [4.78, 5) is 2.26. The van der Waals surface area contributed by atoms with E-state index in [-0.39, 0.29) is 10.9 Å². The standard InChI is InChI=1S/C17H21N7O3S/c1-13-10-15(19-27-13)12-24-17(18-21-22-24)23-9-5-6-14(11-23)20-28(25,26)16-7-3-2-4-8-16/h2-4,7-8,10,14,20H,5-6,9,11-12H2,1H3. The number of aryl methyl sites for hydroxylation is 1. The highest BCUT2D eigenvalue weighted by atomic mass is 32.2. The summed E-state index contributed by atoms with van der Waals surface area (Å²) >= 11 is 0. The molecule has 4 rings (SSSR count). The van der Waals surface area contributed by atoms with E-state index in [1.54, 1.807) is 35.0 Å². The van der Waals surface area contributed by atoms with Crippen LogP contribution in [0.5, 0.6) is 0 Å². The number of hydrogen-bond acceptors (Lipinski definition) is 8. The van der Waals surface area contributed by atoms with Crippen LogP contribution in [0, 0.1) is 6.92 Å². The smallest absolute Gasteiger partial charge is 0.245 e. The molecule has 0 saturated carbocycles. The number of hydrogen-bond donors (Lipinski definition) is 1. The Hall–Kier alpha value is -2.79. The van der Waals surface area contributed by atoms with Crippen molar-refractivity contribution in [2.75, 3.05) is 18.0 Å². The van der Waals surface area contributed by atoms with Gasteiger partial charge in [0.25, 0.3) is 0 Å². The molecule has 1 N–H and O–H groups in total. The summed E-state index contributed by atoms with van der Waals surface area (Å²) in [6.07, 6.45) is 1.59. The maximum Gasteiger partial charge on any atom is 0.245 e. The van der Waals surface area contributed by atoms with Gasteiger partial charge in [-0.15, -0.1) is 0 Å². The van der Waals surface area contributed by atoms with Crippen molar-refractivity contribution in [3.8, 4) is 0 Å². The molecule has 2 aromatic heterocycles. The molecule has 0 spiro atoms. The molecule has 1 aromatic carbocycles. The summed E-state index contributed by atoms with van der Waals surface area (Å²) in [5, 5.41) is 15.9. The van der Waals surface area contributed by atoms with Crippen LogP contribution in [0.4, 0.5) is 5.95 Å². The zero-order chi connectivity index (χ0) is 19.6. The number of nitrogens with one attached hydrogen (secondary N) is 1. The van der Waals surface area contributed by atoms with Gasteiger partial charge in [-0.05, 0) is 42.3 Å². The first-order valence-corrected chi connectivity index (χ1v) is 10.5. The molecule has 3 aromatic rings. The average Bonchev–Trinajstić information content (AvgIpc) is 3.31. The second-order valence-corrected chi connectivity index (χ2v) is 8.50. The maximum atomic E-state index is 12.6. The molecule has 0 bridgehead atoms. The Morgan fingerprint density at radius 2 is 2.11 bits per heavy atom. The summed E-state index contributed by atoms with van der Waals surface area (Å²) in [6.45, 7) is 3.45. The molecule has 11 heteroatoms. The van der Waals surface area contributed by atoms with Crippen LogP contribution in [0.15, 0.2) is 45.8 Å². The molecular formula is C17H21N7O3S. The van der Waals surface area contributed by atoms with Crippen LogP contribution in [-0.4, -0.2) is 52.9 Å². The van der Waals surface area contributed by atoms with Gasteiger partial charge in [0.1, 0.15) is 11.5 Å². The van der Waals surface area contributed by atoms with Gasteiger partial charge in [-0.2, -0.15) is 0 Å². The topological polar surface area (TPSA) is 119 Å². The highest BCUT2D eigenvalue weighted by Gasteiger charge is 2.28. The van der Waals surface area contributed by atoms with Crippen molar-refractivity contribution in [2.45, 2.75) is 37.2 Å². The first-order chi connectivity index (χ1) is 13.5. The fraction of sp³-hybridized carbons (Fsp3) is 0.412. The minimum atomic E-state index is -3.57. The van der Waals surface area contributed by atoms with Gasteiger partial charge in [0.2, 0.25) is 16.0 Å². The molecule has 0 radical (unpaired) electrons. The predicted molar refractivity (Wildman–Crippen MR) is 100 cm³/mol. The van der Waals surface area contributed by atoms with Gasteiger partial charge in [0, 0.05) is 25.2 Å². The summed E-state index contributed by atoms with van der Waals surface area (Å²) in [5.41, 5.74) is 0.726. The van der Waals surface area contributed by atoms with Gasteiger partial charge in [0.05, 0.1) is 11.4 Å². The highest BCUT2D eigenvalue weighted by Crippen LogP contribution is 2.19. The molecule has 1 saturated heterocycles. The van der Waals surface area contributed by atoms with E-state index in [1.165, 1.54) is 0 Å². The number of tetrazole rings is 1. The van der Waals surface area contributed by atoms with Crippen molar-refractivity contribution in [1.29, 1.82) is 0 Å². The monoisotopic (exact) mass is 403 g/mol. The number of aromatic nitrogens is 5. The molecule has 1 fully saturated rings. The Labute approximate surface area is 162 Å². The van der Waals surface area contributed by atoms with E-state index >= 15 is 0 Å². The van der Waals surface area contributed by atoms with E-state index in [0.29, 0.717) is 19.0 Å². The van der Waals surface area contributed by atoms with Crippen LogP contribution < -0.4 is 9.62 Å². The van der Waals surface area contributed by atoms with Gasteiger partial charge in [0.15, 0.2) is 0 Å². The van der Waals surface area contributed by atoms with Crippen LogP contribution >= 0.6 is 0 Å². The Bertz CT molecular complexity index is 1030. The third kappa shape index (κ3) is 4.04. The lowest BCUT2D eigenvalue weighted by Gasteiger charge is -2.33. The van der Waals surface area contributed by atoms with Crippen LogP contribution in [-0.2, 0) is 16.6 Å². The average molecular weight is 403 g/mol. The Balaban J connectivity index is 1.47. The molecule has 1 atom stereocenters. The fourth-order valence-corrected chi connectivity index (χ4v) is 4.60. The number of piperidine rings is 1. The normalized spacial score (nSPS) is 17.8. The number of anilines is 1. The molecule has 1 unspecified atom stereocenters. The second kappa shape index (κ2) is 7.68. The van der Waals surface area contributed by atoms with Crippen LogP contribution in [0.25, 0.3) is 0 Å². The van der Waals surface area contributed by atoms with Crippen LogP contribution in [0.3, 0.4) is 0 Å². The summed E-state index contributed by atoms with van der Waals surface area (Å²) in [7, 11) is -3.57. The molecule has 0 amide bonds. The van der Waals surface area contributed by atoms with Crippen molar-refractivity contribution in [3.63, 3.8) is 0 Å². The molecule has 1 aliphatic heterocycles. The fourth-order valence-electron chi connectivity index (χ4n) is 3.32. The molecule has 148 valence electrons. The zero-order valence-corrected chi connectivity index (χ0v) is 16.2. The lowest BCUT2D eigenvalue weighted by molar-refractivity contribution is 0.387. The summed E-state index contributed by atoms with van der Waals surface area (Å²) in [6, 6.07) is 9.99. The number of benzene rings is 1. The SMILES string of the molecule is Cc1cc(Cn2nnnc2N2CCCC(NS(=O)(=O)c3ccccc3)C2)no1. The summed E-state index contributed by atoms with van der Waals surface area (Å²) < 4.78 is 34.8. The van der Waals surface area contributed by atoms with E-state index in [0.717, 1.165) is 30.8 Å². The quantitative estimate of drug-likeness (QED) is 0.646. The second-order valence-electron chi connectivity index (χ2n) is 6.78. The molecular weight excluding hydrogens is 382 g/mol. The first kappa shape index (κ1) is 18.6. The van der Waals surface area contributed by atoms with Crippen LogP contribution in [0.2, 0.25) is 0 Å². The Morgan fingerprint density at radius 1 is 1.29 bits per heavy atom. The van der Waals surface area contributed by atoms with Gasteiger partial charge in [-0.3, -0.25) is 0 Å². The Kier molecular flexibility index (Phi) is 5.09. The molecule has 28 heavy (non-hydrogen) atoms. The minimum absolute atomic E-state index is 0.224. The lowest BCUT2D eigenvalue weighted by atomic mass is 10.1. The number of nitrogens with zero attached hydrogens (tertiary/aromatic N) is 6. The minimum Gasteiger partial charge on any atom is -0.361 e. The number of sulfonamides is 1. The molecule has 10 nitrogen and oxygen atoms in total. The third-order valence-electron chi connectivity index (χ3n) is 4.58. The maximum absolute atomic E-state index is 12.6. The lowest BCUT2D eigenvalue weighted by Crippen LogP contribution is -2.48. The van der Waals surface area contributed by atoms with Crippen molar-refractivity contribution in [3.05, 3.63) is 47.9 Å². The largest absolute Gasteiger partial charge is 0.361 e. The van der Waals surface area contributed by atoms with Crippen molar-refractivity contribution < 1.29 is 12.9 Å². The van der Waals surface area contributed by atoms with Gasteiger partial charge < -0.3 is 9.42 Å². The van der Waals surface area contributed by atoms with E-state index in [9.17, 15) is 8.42 Å². The van der Waals surface area contributed by atoms with E-state index in [2.05, 4.69) is 25.4 Å². The van der Waals surface area contributed by atoms with Crippen molar-refractivity contribution >= 4 is 16.0 Å². The number of rotatable bonds is 6. The van der Waals surface area contributed by atoms with Crippen molar-refractivity contribution in [1.82, 2.24) is 30.1 Å². The third-order valence-corrected chi connectivity index (χ3v) is 6.12. The zero-order valence-electron chi connectivity index (χ0n) is 15.4. The first-order valence-electron chi connectivity index (χ1n) is 9.02. The van der Waals surface area contributed by atoms with E-state index in [1.807, 2.05) is 17.9 Å². The van der Waals surface area contributed by atoms with E-state index < -0.39 is 10.0 Å². The molecule has 0 aliphatic carbocycles. The summed E-state index contributed by atoms with van der Waals surface area (Å²) in [5.74, 6) is 1.31. The van der Waals surface area contributed by atoms with Crippen molar-refractivity contribution in [2.24, 2.45) is 0 Å². The highest BCUT2D eigenvalue weighted by molar-refractivity contribution is 7.89. The molecule has 3 heterocycles.